The van der Waals surface area contributed by atoms with Crippen LogP contribution in [0.4, 0.5) is 16.2 Å². The lowest BCUT2D eigenvalue weighted by Gasteiger charge is -2.35. The quantitative estimate of drug-likeness (QED) is 0.381. The maximum Gasteiger partial charge on any atom is 0.338 e. The van der Waals surface area contributed by atoms with E-state index in [-0.39, 0.29) is 6.10 Å². The van der Waals surface area contributed by atoms with Crippen LogP contribution in [0.5, 0.6) is 11.5 Å². The Morgan fingerprint density at radius 1 is 1.00 bits per heavy atom. The van der Waals surface area contributed by atoms with Crippen LogP contribution < -0.4 is 25.4 Å². The number of nitrogens with zero attached hydrogens (tertiary/aromatic N) is 1. The van der Waals surface area contributed by atoms with Crippen LogP contribution >= 0.6 is 12.2 Å². The summed E-state index contributed by atoms with van der Waals surface area (Å²) in [4.78, 5) is 27.1. The molecule has 2 aromatic rings. The molecular formula is C25H30N4O5S. The summed E-state index contributed by atoms with van der Waals surface area (Å²) in [7, 11) is 4.88. The molecule has 0 saturated heterocycles. The number of amides is 2. The van der Waals surface area contributed by atoms with Crippen LogP contribution in [0.15, 0.2) is 53.7 Å². The van der Waals surface area contributed by atoms with E-state index in [1.165, 1.54) is 14.2 Å². The van der Waals surface area contributed by atoms with Gasteiger partial charge in [-0.3, -0.25) is 0 Å². The first-order valence-corrected chi connectivity index (χ1v) is 11.4. The number of urea groups is 1. The predicted molar refractivity (Wildman–Crippen MR) is 139 cm³/mol. The molecule has 1 atom stereocenters. The zero-order chi connectivity index (χ0) is 25.7. The molecule has 1 aliphatic rings. The Labute approximate surface area is 210 Å². The number of allylic oxidation sites excluding steroid dienone is 1. The Morgan fingerprint density at radius 2 is 1.57 bits per heavy atom. The van der Waals surface area contributed by atoms with E-state index in [1.807, 2.05) is 19.1 Å². The number of rotatable bonds is 7. The summed E-state index contributed by atoms with van der Waals surface area (Å²) in [5.74, 6) is 0.713. The molecule has 0 bridgehead atoms. The molecule has 0 radical (unpaired) electrons. The number of hydrogen-bond donors (Lipinski definition) is 3. The Kier molecular flexibility index (Phi) is 8.18. The number of hydrogen-bond acceptors (Lipinski definition) is 6. The van der Waals surface area contributed by atoms with E-state index < -0.39 is 18.0 Å². The third-order valence-corrected chi connectivity index (χ3v) is 5.82. The highest BCUT2D eigenvalue weighted by Gasteiger charge is 2.33. The highest BCUT2D eigenvalue weighted by Crippen LogP contribution is 2.32. The molecule has 0 aliphatic carbocycles. The first kappa shape index (κ1) is 25.8. The van der Waals surface area contributed by atoms with Gasteiger partial charge < -0.3 is 35.1 Å². The molecule has 3 rings (SSSR count). The molecule has 0 fully saturated rings. The molecule has 1 aliphatic heterocycles. The van der Waals surface area contributed by atoms with E-state index >= 15 is 0 Å². The van der Waals surface area contributed by atoms with Gasteiger partial charge in [0.1, 0.15) is 11.5 Å². The number of carbonyl (C=O) groups is 2. The van der Waals surface area contributed by atoms with Gasteiger partial charge >= 0.3 is 12.0 Å². The third-order valence-electron chi connectivity index (χ3n) is 5.43. The van der Waals surface area contributed by atoms with E-state index in [0.717, 1.165) is 11.3 Å². The van der Waals surface area contributed by atoms with Crippen molar-refractivity contribution in [2.75, 3.05) is 31.9 Å². The van der Waals surface area contributed by atoms with Crippen molar-refractivity contribution in [1.29, 1.82) is 0 Å². The van der Waals surface area contributed by atoms with E-state index in [0.29, 0.717) is 33.6 Å². The van der Waals surface area contributed by atoms with Crippen molar-refractivity contribution in [2.45, 2.75) is 32.9 Å². The van der Waals surface area contributed by atoms with Crippen molar-refractivity contribution in [1.82, 2.24) is 10.2 Å². The fraction of sp³-hybridized carbons (Fsp3) is 0.320. The van der Waals surface area contributed by atoms with Gasteiger partial charge in [0.25, 0.3) is 0 Å². The number of benzene rings is 2. The molecule has 0 saturated carbocycles. The molecule has 3 N–H and O–H groups in total. The smallest absolute Gasteiger partial charge is 0.338 e. The van der Waals surface area contributed by atoms with Crippen molar-refractivity contribution < 1.29 is 23.8 Å². The topological polar surface area (TPSA) is 101 Å². The summed E-state index contributed by atoms with van der Waals surface area (Å²) in [6, 6.07) is 11.3. The molecule has 2 amide bonds. The molecule has 186 valence electrons. The first-order chi connectivity index (χ1) is 16.6. The van der Waals surface area contributed by atoms with E-state index in [4.69, 9.17) is 26.4 Å². The molecule has 0 aromatic heterocycles. The van der Waals surface area contributed by atoms with Crippen LogP contribution in [0.2, 0.25) is 0 Å². The highest BCUT2D eigenvalue weighted by atomic mass is 32.1. The molecule has 10 heteroatoms. The fourth-order valence-corrected chi connectivity index (χ4v) is 3.81. The largest absolute Gasteiger partial charge is 0.497 e. The summed E-state index contributed by atoms with van der Waals surface area (Å²) in [5, 5.41) is 9.26. The summed E-state index contributed by atoms with van der Waals surface area (Å²) in [6.07, 6.45) is -0.253. The lowest BCUT2D eigenvalue weighted by atomic mass is 9.95. The zero-order valence-electron chi connectivity index (χ0n) is 20.6. The Hall–Kier alpha value is -3.79. The molecule has 9 nitrogen and oxygen atoms in total. The van der Waals surface area contributed by atoms with E-state index in [1.54, 1.807) is 56.1 Å². The van der Waals surface area contributed by atoms with Crippen molar-refractivity contribution in [3.8, 4) is 11.5 Å². The number of methoxy groups -OCH3 is 2. The number of esters is 1. The van der Waals surface area contributed by atoms with Gasteiger partial charge in [-0.2, -0.15) is 0 Å². The van der Waals surface area contributed by atoms with Gasteiger partial charge in [0, 0.05) is 42.3 Å². The van der Waals surface area contributed by atoms with Gasteiger partial charge in [0.05, 0.1) is 31.9 Å². The Bertz CT molecular complexity index is 1120. The maximum atomic E-state index is 12.9. The second-order valence-electron chi connectivity index (χ2n) is 8.20. The van der Waals surface area contributed by atoms with E-state index in [9.17, 15) is 9.59 Å². The van der Waals surface area contributed by atoms with Crippen LogP contribution in [-0.2, 0) is 9.53 Å². The standard InChI is InChI=1S/C25H30N4O5S/c1-14(2)34-23(30)21-15(3)29(4)25(35)28-22(21)16-7-9-17(10-8-16)26-24(31)27-18-11-19(32-5)13-20(12-18)33-6/h7-14,22H,1-6H3,(H,28,35)(H2,26,27,31)/t22-/m1/s1. The Morgan fingerprint density at radius 3 is 2.11 bits per heavy atom. The average molecular weight is 499 g/mol. The van der Waals surface area contributed by atoms with Crippen LogP contribution in [-0.4, -0.2) is 49.4 Å². The number of carbonyl (C=O) groups excluding carboxylic acids is 2. The van der Waals surface area contributed by atoms with Gasteiger partial charge in [-0.25, -0.2) is 9.59 Å². The monoisotopic (exact) mass is 498 g/mol. The SMILES string of the molecule is COc1cc(NC(=O)Nc2ccc([C@H]3NC(=S)N(C)C(C)=C3C(=O)OC(C)C)cc2)cc(OC)c1. The molecule has 0 spiro atoms. The minimum Gasteiger partial charge on any atom is -0.497 e. The number of ether oxygens (including phenoxy) is 3. The van der Waals surface area contributed by atoms with Crippen molar-refractivity contribution >= 4 is 40.7 Å². The predicted octanol–water partition coefficient (Wildman–Crippen LogP) is 4.43. The number of nitrogens with one attached hydrogen (secondary N) is 3. The highest BCUT2D eigenvalue weighted by molar-refractivity contribution is 7.80. The normalized spacial score (nSPS) is 15.5. The molecule has 2 aromatic carbocycles. The first-order valence-electron chi connectivity index (χ1n) is 11.0. The van der Waals surface area contributed by atoms with Gasteiger partial charge in [0.2, 0.25) is 0 Å². The van der Waals surface area contributed by atoms with Crippen LogP contribution in [0, 0.1) is 0 Å². The van der Waals surface area contributed by atoms with Crippen LogP contribution in [0.1, 0.15) is 32.4 Å². The molecule has 0 unspecified atom stereocenters. The number of anilines is 2. The van der Waals surface area contributed by atoms with Crippen LogP contribution in [0.3, 0.4) is 0 Å². The number of thiocarbonyl (C=S) groups is 1. The van der Waals surface area contributed by atoms with Crippen LogP contribution in [0.25, 0.3) is 0 Å². The van der Waals surface area contributed by atoms with Gasteiger partial charge in [-0.1, -0.05) is 12.1 Å². The second kappa shape index (κ2) is 11.1. The minimum atomic E-state index is -0.475. The summed E-state index contributed by atoms with van der Waals surface area (Å²) < 4.78 is 15.9. The third kappa shape index (κ3) is 6.21. The van der Waals surface area contributed by atoms with Gasteiger partial charge in [-0.15, -0.1) is 0 Å². The molecular weight excluding hydrogens is 468 g/mol. The summed E-state index contributed by atoms with van der Waals surface area (Å²) in [5.41, 5.74) is 3.11. The molecule has 1 heterocycles. The van der Waals surface area contributed by atoms with Gasteiger partial charge in [-0.05, 0) is 50.7 Å². The fourth-order valence-electron chi connectivity index (χ4n) is 3.56. The van der Waals surface area contributed by atoms with E-state index in [2.05, 4.69) is 16.0 Å². The zero-order valence-corrected chi connectivity index (χ0v) is 21.4. The lowest BCUT2D eigenvalue weighted by Crippen LogP contribution is -2.46. The van der Waals surface area contributed by atoms with Crippen molar-refractivity contribution in [3.63, 3.8) is 0 Å². The van der Waals surface area contributed by atoms with Crippen molar-refractivity contribution in [3.05, 3.63) is 59.3 Å². The summed E-state index contributed by atoms with van der Waals surface area (Å²) >= 11 is 5.44. The van der Waals surface area contributed by atoms with Crippen molar-refractivity contribution in [2.24, 2.45) is 0 Å². The summed E-state index contributed by atoms with van der Waals surface area (Å²) in [6.45, 7) is 5.45. The lowest BCUT2D eigenvalue weighted by molar-refractivity contribution is -0.143. The minimum absolute atomic E-state index is 0.253. The van der Waals surface area contributed by atoms with Gasteiger partial charge in [0.15, 0.2) is 5.11 Å². The molecule has 35 heavy (non-hydrogen) atoms. The average Bonchev–Trinajstić information content (AvgIpc) is 2.81. The second-order valence-corrected chi connectivity index (χ2v) is 8.58. The maximum absolute atomic E-state index is 12.9. The Balaban J connectivity index is 1.77.